The van der Waals surface area contributed by atoms with Crippen molar-refractivity contribution in [1.29, 1.82) is 5.41 Å². The summed E-state index contributed by atoms with van der Waals surface area (Å²) in [4.78, 5) is 22.6. The summed E-state index contributed by atoms with van der Waals surface area (Å²) >= 11 is 11.5. The Morgan fingerprint density at radius 3 is 2.32 bits per heavy atom. The van der Waals surface area contributed by atoms with Crippen LogP contribution in [0.15, 0.2) is 23.9 Å². The molecule has 9 heteroatoms. The third-order valence-corrected chi connectivity index (χ3v) is 3.29. The van der Waals surface area contributed by atoms with E-state index in [4.69, 9.17) is 28.6 Å². The standard InChI is InChI=1S/C13H9Cl2F3N2O2/c1-20-11(13(16,17)18)4-10(22)12(19)7-2-6(5-21)8(14)3-9(7)15/h2-5,19-20H,1H3/p+1/b11-4-,19-12?. The van der Waals surface area contributed by atoms with E-state index < -0.39 is 23.4 Å². The molecule has 0 spiro atoms. The smallest absolute Gasteiger partial charge is 0.312 e. The number of rotatable bonds is 5. The second-order valence-corrected chi connectivity index (χ2v) is 4.91. The lowest BCUT2D eigenvalue weighted by molar-refractivity contribution is -0.597. The Balaban J connectivity index is 3.24. The van der Waals surface area contributed by atoms with Crippen LogP contribution in [0.4, 0.5) is 13.2 Å². The van der Waals surface area contributed by atoms with Gasteiger partial charge in [0.25, 0.3) is 0 Å². The van der Waals surface area contributed by atoms with Crippen LogP contribution in [-0.2, 0) is 4.79 Å². The van der Waals surface area contributed by atoms with Crippen LogP contribution in [-0.4, -0.2) is 31.0 Å². The van der Waals surface area contributed by atoms with Crippen LogP contribution < -0.4 is 5.32 Å². The van der Waals surface area contributed by atoms with Crippen LogP contribution in [0.5, 0.6) is 0 Å². The fraction of sp³-hybridized carbons (Fsp3) is 0.154. The maximum absolute atomic E-state index is 12.6. The van der Waals surface area contributed by atoms with Crippen molar-refractivity contribution >= 4 is 41.0 Å². The minimum absolute atomic E-state index is 0.0115. The first kappa shape index (κ1) is 18.3. The Hall–Kier alpha value is -1.70. The topological polar surface area (TPSA) is 74.6 Å². The summed E-state index contributed by atoms with van der Waals surface area (Å²) in [6.07, 6.45) is -4.02. The zero-order chi connectivity index (χ0) is 17.1. The number of quaternary nitrogens is 1. The molecule has 1 rings (SSSR count). The molecule has 22 heavy (non-hydrogen) atoms. The molecule has 0 fully saturated rings. The van der Waals surface area contributed by atoms with Crippen LogP contribution in [0.1, 0.15) is 15.9 Å². The van der Waals surface area contributed by atoms with Crippen molar-refractivity contribution in [1.82, 2.24) is 0 Å². The Morgan fingerprint density at radius 2 is 1.86 bits per heavy atom. The highest BCUT2D eigenvalue weighted by Gasteiger charge is 2.38. The largest absolute Gasteiger partial charge is 0.466 e. The number of benzene rings is 1. The van der Waals surface area contributed by atoms with Gasteiger partial charge in [-0.15, -0.1) is 0 Å². The maximum Gasteiger partial charge on any atom is 0.466 e. The first-order valence-electron chi connectivity index (χ1n) is 5.77. The van der Waals surface area contributed by atoms with Crippen molar-refractivity contribution in [2.45, 2.75) is 6.18 Å². The fourth-order valence-electron chi connectivity index (χ4n) is 1.52. The van der Waals surface area contributed by atoms with Gasteiger partial charge >= 0.3 is 6.18 Å². The number of alkyl halides is 3. The number of ketones is 1. The molecule has 0 bridgehead atoms. The van der Waals surface area contributed by atoms with Gasteiger partial charge in [-0.1, -0.05) is 23.2 Å². The zero-order valence-electron chi connectivity index (χ0n) is 11.1. The van der Waals surface area contributed by atoms with Crippen molar-refractivity contribution in [2.75, 3.05) is 7.05 Å². The summed E-state index contributed by atoms with van der Waals surface area (Å²) in [6, 6.07) is 2.22. The number of carbonyl (C=O) groups is 2. The Bertz CT molecular complexity index is 670. The zero-order valence-corrected chi connectivity index (χ0v) is 12.6. The molecule has 1 aromatic rings. The monoisotopic (exact) mass is 353 g/mol. The highest BCUT2D eigenvalue weighted by Crippen LogP contribution is 2.26. The highest BCUT2D eigenvalue weighted by molar-refractivity contribution is 6.52. The van der Waals surface area contributed by atoms with E-state index in [1.54, 1.807) is 0 Å². The number of nitrogens with one attached hydrogen (secondary N) is 1. The Kier molecular flexibility index (Phi) is 5.87. The van der Waals surface area contributed by atoms with Crippen molar-refractivity contribution < 1.29 is 28.1 Å². The molecule has 118 valence electrons. The second kappa shape index (κ2) is 7.04. The van der Waals surface area contributed by atoms with Crippen molar-refractivity contribution in [3.63, 3.8) is 0 Å². The number of allylic oxidation sites excluding steroid dienone is 2. The fourth-order valence-corrected chi connectivity index (χ4v) is 2.04. The molecule has 0 saturated carbocycles. The molecule has 0 aliphatic heterocycles. The normalized spacial score (nSPS) is 12.2. The number of halogens is 5. The molecule has 0 radical (unpaired) electrons. The lowest BCUT2D eigenvalue weighted by Crippen LogP contribution is -2.80. The van der Waals surface area contributed by atoms with Gasteiger partial charge in [0, 0.05) is 11.1 Å². The van der Waals surface area contributed by atoms with E-state index in [2.05, 4.69) is 0 Å². The minimum Gasteiger partial charge on any atom is -0.312 e. The Morgan fingerprint density at radius 1 is 1.27 bits per heavy atom. The van der Waals surface area contributed by atoms with Gasteiger partial charge in [0.15, 0.2) is 6.29 Å². The van der Waals surface area contributed by atoms with E-state index in [0.717, 1.165) is 19.2 Å². The molecule has 0 amide bonds. The molecular formula is C13H10Cl2F3N2O2+. The molecule has 0 unspecified atom stereocenters. The predicted molar refractivity (Wildman–Crippen MR) is 75.7 cm³/mol. The van der Waals surface area contributed by atoms with Crippen molar-refractivity contribution in [3.8, 4) is 0 Å². The van der Waals surface area contributed by atoms with Gasteiger partial charge in [0.2, 0.25) is 11.5 Å². The average Bonchev–Trinajstić information content (AvgIpc) is 2.42. The van der Waals surface area contributed by atoms with Gasteiger partial charge < -0.3 is 5.32 Å². The van der Waals surface area contributed by atoms with E-state index in [1.165, 1.54) is 0 Å². The number of aldehydes is 1. The number of hydrogen-bond donors (Lipinski definition) is 2. The SMILES string of the molecule is C[NH2+]/C(=C\C(=O)C(=N)c1cc(C=O)c(Cl)cc1Cl)C(F)(F)F. The number of nitrogens with two attached hydrogens (primary N) is 1. The molecule has 0 atom stereocenters. The van der Waals surface area contributed by atoms with E-state index in [0.29, 0.717) is 17.7 Å². The van der Waals surface area contributed by atoms with Crippen molar-refractivity contribution in [3.05, 3.63) is 45.1 Å². The summed E-state index contributed by atoms with van der Waals surface area (Å²) < 4.78 is 37.8. The lowest BCUT2D eigenvalue weighted by Gasteiger charge is -2.08. The summed E-state index contributed by atoms with van der Waals surface area (Å²) in [5, 5.41) is 8.28. The first-order chi connectivity index (χ1) is 10.1. The molecule has 0 aromatic heterocycles. The summed E-state index contributed by atoms with van der Waals surface area (Å²) in [7, 11) is 1.12. The Labute approximate surface area is 133 Å². The summed E-state index contributed by atoms with van der Waals surface area (Å²) in [5.41, 5.74) is -2.15. The van der Waals surface area contributed by atoms with Gasteiger partial charge in [-0.25, -0.2) is 0 Å². The van der Waals surface area contributed by atoms with Gasteiger partial charge in [0.05, 0.1) is 23.2 Å². The van der Waals surface area contributed by atoms with E-state index >= 15 is 0 Å². The van der Waals surface area contributed by atoms with Gasteiger partial charge in [-0.3, -0.25) is 15.0 Å². The van der Waals surface area contributed by atoms with Crippen LogP contribution in [0.3, 0.4) is 0 Å². The quantitative estimate of drug-likeness (QED) is 0.484. The first-order valence-corrected chi connectivity index (χ1v) is 6.53. The molecule has 1 aromatic carbocycles. The van der Waals surface area contributed by atoms with Gasteiger partial charge in [-0.2, -0.15) is 13.2 Å². The summed E-state index contributed by atoms with van der Waals surface area (Å²) in [6.45, 7) is 0. The summed E-state index contributed by atoms with van der Waals surface area (Å²) in [5.74, 6) is -1.19. The van der Waals surface area contributed by atoms with Crippen molar-refractivity contribution in [2.24, 2.45) is 0 Å². The molecule has 0 aliphatic carbocycles. The van der Waals surface area contributed by atoms with E-state index in [9.17, 15) is 22.8 Å². The third kappa shape index (κ3) is 4.16. The van der Waals surface area contributed by atoms with Crippen LogP contribution in [0.25, 0.3) is 0 Å². The number of hydrogen-bond acceptors (Lipinski definition) is 3. The molecule has 0 aliphatic rings. The van der Waals surface area contributed by atoms with Crippen LogP contribution >= 0.6 is 23.2 Å². The molecule has 4 nitrogen and oxygen atoms in total. The van der Waals surface area contributed by atoms with Gasteiger partial charge in [0.1, 0.15) is 5.71 Å². The second-order valence-electron chi connectivity index (χ2n) is 4.10. The minimum atomic E-state index is -4.71. The molecule has 3 N–H and O–H groups in total. The molecular weight excluding hydrogens is 344 g/mol. The van der Waals surface area contributed by atoms with E-state index in [-0.39, 0.29) is 21.2 Å². The lowest BCUT2D eigenvalue weighted by atomic mass is 10.0. The molecule has 0 heterocycles. The average molecular weight is 354 g/mol. The predicted octanol–water partition coefficient (Wildman–Crippen LogP) is 2.38. The third-order valence-electron chi connectivity index (χ3n) is 2.65. The van der Waals surface area contributed by atoms with Crippen LogP contribution in [0, 0.1) is 5.41 Å². The maximum atomic E-state index is 12.6. The molecule has 0 saturated heterocycles. The van der Waals surface area contributed by atoms with E-state index in [1.807, 2.05) is 0 Å². The highest BCUT2D eigenvalue weighted by atomic mass is 35.5. The van der Waals surface area contributed by atoms with Crippen LogP contribution in [0.2, 0.25) is 10.0 Å². The van der Waals surface area contributed by atoms with Gasteiger partial charge in [-0.05, 0) is 12.1 Å². The number of carbonyl (C=O) groups excluding carboxylic acids is 2.